The van der Waals surface area contributed by atoms with E-state index in [9.17, 15) is 5.26 Å². The third-order valence-corrected chi connectivity index (χ3v) is 17.3. The number of pyridine rings is 3. The molecule has 380 valence electrons. The summed E-state index contributed by atoms with van der Waals surface area (Å²) < 4.78 is 5.64. The van der Waals surface area contributed by atoms with E-state index >= 15 is 0 Å². The summed E-state index contributed by atoms with van der Waals surface area (Å²) >= 11 is 0. The molecule has 7 aromatic rings. The minimum Gasteiger partial charge on any atom is -0.333 e. The highest BCUT2D eigenvalue weighted by Crippen LogP contribution is 2.53. The van der Waals surface area contributed by atoms with Gasteiger partial charge in [0, 0.05) is 43.9 Å². The number of hydrogen-bond acceptors (Lipinski definition) is 10. The molecule has 4 aromatic carbocycles. The lowest BCUT2D eigenvalue weighted by molar-refractivity contribution is -0.866. The van der Waals surface area contributed by atoms with E-state index < -0.39 is 0 Å². The van der Waals surface area contributed by atoms with Gasteiger partial charge in [-0.3, -0.25) is 14.5 Å². The van der Waals surface area contributed by atoms with Gasteiger partial charge in [-0.15, -0.1) is 0 Å². The molecule has 0 fully saturated rings. The Morgan fingerprint density at radius 2 is 0.922 bits per heavy atom. The average Bonchev–Trinajstić information content (AvgIpc) is 4.32. The van der Waals surface area contributed by atoms with Gasteiger partial charge in [0.15, 0.2) is 42.8 Å². The lowest BCUT2D eigenvalue weighted by atomic mass is 9.88. The fourth-order valence-electron chi connectivity index (χ4n) is 13.4. The Kier molecular flexibility index (Phi) is 10.7. The van der Waals surface area contributed by atoms with Gasteiger partial charge < -0.3 is 14.7 Å². The van der Waals surface area contributed by atoms with E-state index in [2.05, 4.69) is 118 Å². The predicted octanol–water partition coefficient (Wildman–Crippen LogP) is 10.5. The Hall–Kier alpha value is -9.00. The maximum absolute atomic E-state index is 10.2. The molecule has 0 N–H and O–H groups in total. The highest BCUT2D eigenvalue weighted by molar-refractivity contribution is 5.91. The first-order valence-corrected chi connectivity index (χ1v) is 27.5. The summed E-state index contributed by atoms with van der Waals surface area (Å²) in [6.45, 7) is 20.6. The highest BCUT2D eigenvalue weighted by Gasteiger charge is 2.46. The van der Waals surface area contributed by atoms with Crippen LogP contribution in [0.5, 0.6) is 17.2 Å². The first-order chi connectivity index (χ1) is 37.9. The van der Waals surface area contributed by atoms with Crippen LogP contribution >= 0.6 is 0 Å². The lowest BCUT2D eigenvalue weighted by Gasteiger charge is -2.22. The summed E-state index contributed by atoms with van der Waals surface area (Å²) in [5, 5.41) is 10.2. The van der Waals surface area contributed by atoms with Gasteiger partial charge >= 0.3 is 17.5 Å². The quantitative estimate of drug-likeness (QED) is 0.108. The van der Waals surface area contributed by atoms with Crippen molar-refractivity contribution < 1.29 is 28.7 Å². The van der Waals surface area contributed by atoms with Crippen LogP contribution in [0.2, 0.25) is 0 Å². The molecule has 13 heterocycles. The topological polar surface area (TPSA) is 91.3 Å². The zero-order valence-corrected chi connectivity index (χ0v) is 43.0. The number of fused-ring (bicyclic) bond motifs is 5. The van der Waals surface area contributed by atoms with Gasteiger partial charge in [-0.25, -0.2) is 24.4 Å². The number of anilines is 9. The number of hydrogen-bond donors (Lipinski definition) is 0. The Bertz CT molecular complexity index is 3760. The van der Waals surface area contributed by atoms with Crippen molar-refractivity contribution in [1.82, 2.24) is 0 Å². The van der Waals surface area contributed by atoms with Crippen LogP contribution in [0.15, 0.2) is 110 Å². The van der Waals surface area contributed by atoms with Crippen LogP contribution in [-0.4, -0.2) is 39.6 Å². The van der Waals surface area contributed by atoms with Crippen molar-refractivity contribution in [3.05, 3.63) is 171 Å². The zero-order valence-electron chi connectivity index (χ0n) is 43.0. The molecular formula is C62H57N12O3+3. The summed E-state index contributed by atoms with van der Waals surface area (Å²) in [7, 11) is 0. The van der Waals surface area contributed by atoms with E-state index in [1.54, 1.807) is 0 Å². The minimum atomic E-state index is 0.459. The smallest absolute Gasteiger partial charge is 0.323 e. The largest absolute Gasteiger partial charge is 0.333 e. The predicted molar refractivity (Wildman–Crippen MR) is 292 cm³/mol. The molecular weight excluding hydrogens is 961 g/mol. The maximum atomic E-state index is 10.2. The molecule has 0 saturated carbocycles. The molecule has 1 atom stereocenters. The van der Waals surface area contributed by atoms with Crippen molar-refractivity contribution in [3.8, 4) is 23.3 Å². The summed E-state index contributed by atoms with van der Waals surface area (Å²) in [6, 6.07) is 34.9. The second kappa shape index (κ2) is 18.1. The third kappa shape index (κ3) is 7.76. The number of rotatable bonds is 0. The highest BCUT2D eigenvalue weighted by atomic mass is 16.7. The van der Waals surface area contributed by atoms with Gasteiger partial charge in [0.25, 0.3) is 0 Å². The van der Waals surface area contributed by atoms with Gasteiger partial charge in [0.1, 0.15) is 18.6 Å². The van der Waals surface area contributed by atoms with E-state index in [0.717, 1.165) is 166 Å². The van der Waals surface area contributed by atoms with Crippen LogP contribution in [0, 0.1) is 30.4 Å². The summed E-state index contributed by atoms with van der Waals surface area (Å²) in [4.78, 5) is 42.0. The number of aromatic nitrogens is 3. The SMILES string of the molecule is [C-]#[N+]c1cc2c3c(c1)N1CCCc4cc5ccc4CCCN4CN6c7c(cc([N+]#[C-])cc74)O[n+]4ccc(cc46)CCC(CCCc4cc[n+](c(c4)N3C1)O2)CCc1cc[n+]2c(c1)N1CN(CCC5)c3cc(C#N)cc(c31)O2. The van der Waals surface area contributed by atoms with E-state index in [-0.39, 0.29) is 0 Å². The molecule has 3 aromatic heterocycles. The molecule has 0 saturated heterocycles. The second-order valence-electron chi connectivity index (χ2n) is 22.0. The van der Waals surface area contributed by atoms with Crippen LogP contribution in [0.4, 0.5) is 63.0 Å². The van der Waals surface area contributed by atoms with Crippen molar-refractivity contribution in [1.29, 1.82) is 5.26 Å². The summed E-state index contributed by atoms with van der Waals surface area (Å²) in [5.74, 6) is 5.65. The molecule has 1 unspecified atom stereocenters. The molecule has 17 rings (SSSR count). The molecule has 16 bridgehead atoms. The average molecular weight is 1020 g/mol. The van der Waals surface area contributed by atoms with E-state index in [4.69, 9.17) is 27.7 Å². The van der Waals surface area contributed by atoms with Crippen molar-refractivity contribution in [2.45, 2.75) is 83.5 Å². The van der Waals surface area contributed by atoms with Crippen LogP contribution in [0.1, 0.15) is 83.9 Å². The molecule has 0 radical (unpaired) electrons. The fourth-order valence-corrected chi connectivity index (χ4v) is 13.4. The summed E-state index contributed by atoms with van der Waals surface area (Å²) in [5.41, 5.74) is 16.0. The molecule has 0 amide bonds. The third-order valence-electron chi connectivity index (χ3n) is 17.3. The molecule has 10 aliphatic rings. The van der Waals surface area contributed by atoms with E-state index in [0.29, 0.717) is 48.6 Å². The van der Waals surface area contributed by atoms with E-state index in [1.165, 1.54) is 33.4 Å². The van der Waals surface area contributed by atoms with Crippen molar-refractivity contribution in [2.75, 3.05) is 69.0 Å². The van der Waals surface area contributed by atoms with Crippen molar-refractivity contribution in [2.24, 2.45) is 5.92 Å². The molecule has 77 heavy (non-hydrogen) atoms. The number of nitriles is 1. The van der Waals surface area contributed by atoms with Crippen molar-refractivity contribution in [3.63, 3.8) is 0 Å². The Balaban J connectivity index is 0.831. The Morgan fingerprint density at radius 3 is 1.44 bits per heavy atom. The van der Waals surface area contributed by atoms with Gasteiger partial charge in [0.05, 0.1) is 41.8 Å². The van der Waals surface area contributed by atoms with Crippen LogP contribution < -0.4 is 58.1 Å². The van der Waals surface area contributed by atoms with Crippen LogP contribution in [0.3, 0.4) is 0 Å². The van der Waals surface area contributed by atoms with Gasteiger partial charge in [-0.1, -0.05) is 24.6 Å². The summed E-state index contributed by atoms with van der Waals surface area (Å²) in [6.07, 6.45) is 18.8. The Morgan fingerprint density at radius 1 is 0.468 bits per heavy atom. The lowest BCUT2D eigenvalue weighted by Crippen LogP contribution is -2.48. The van der Waals surface area contributed by atoms with Crippen LogP contribution in [0.25, 0.3) is 9.69 Å². The van der Waals surface area contributed by atoms with Gasteiger partial charge in [0.2, 0.25) is 22.9 Å². The number of benzene rings is 4. The number of aryl methyl sites for hydroxylation is 6. The Labute approximate surface area is 448 Å². The monoisotopic (exact) mass is 1020 g/mol. The number of nitrogens with zero attached hydrogens (tertiary/aromatic N) is 12. The molecule has 15 nitrogen and oxygen atoms in total. The first kappa shape index (κ1) is 45.4. The fraction of sp³-hybridized carbons (Fsp3) is 0.323. The molecule has 10 aliphatic heterocycles. The standard InChI is InChI=1S/C62H57N12O3/c1-64-49-33-52-62-56(36-49)77-74-26-20-45-15-13-41-7-3-8-43-18-24-73-57(30-43)70-40-68(53-34-50(65-2)35-55(76-73)61(53)70)23-6-11-48-27-42(16-17-47(48)10-5-22-67(52)39-71(62)59(74)32-45)9-4-21-66-38-69-58-31-44(14-12-41)19-25-72(58)75-54-29-46(37-63)28-51(66)60(54)69/h16-20,24-36,41H,3-15,21-23,38-40H2/q+3. The molecule has 0 spiro atoms. The van der Waals surface area contributed by atoms with Crippen molar-refractivity contribution >= 4 is 63.0 Å². The second-order valence-corrected chi connectivity index (χ2v) is 22.0. The van der Waals surface area contributed by atoms with Gasteiger partial charge in [-0.05, 0) is 179 Å². The zero-order chi connectivity index (χ0) is 51.3. The molecule has 15 heteroatoms. The first-order valence-electron chi connectivity index (χ1n) is 27.5. The normalized spacial score (nSPS) is 18.4. The minimum absolute atomic E-state index is 0.459. The van der Waals surface area contributed by atoms with E-state index in [1.807, 2.05) is 50.6 Å². The van der Waals surface area contributed by atoms with Gasteiger partial charge in [-0.2, -0.15) is 5.26 Å². The maximum Gasteiger partial charge on any atom is 0.323 e. The molecule has 0 aliphatic carbocycles. The van der Waals surface area contributed by atoms with Crippen LogP contribution in [-0.2, 0) is 38.5 Å².